The summed E-state index contributed by atoms with van der Waals surface area (Å²) in [6, 6.07) is 13.2. The average molecular weight is 316 g/mol. The lowest BCUT2D eigenvalue weighted by molar-refractivity contribution is 0.395. The van der Waals surface area contributed by atoms with Gasteiger partial charge in [-0.1, -0.05) is 12.1 Å². The third-order valence-corrected chi connectivity index (χ3v) is 3.41. The zero-order chi connectivity index (χ0) is 15.5. The van der Waals surface area contributed by atoms with Crippen molar-refractivity contribution in [3.8, 4) is 11.5 Å². The van der Waals surface area contributed by atoms with Gasteiger partial charge < -0.3 is 14.8 Å². The van der Waals surface area contributed by atoms with Gasteiger partial charge in [0.2, 0.25) is 5.28 Å². The molecule has 0 fully saturated rings. The number of aromatic nitrogens is 2. The number of hydrogen-bond donors (Lipinski definition) is 1. The molecular formula is C16H14ClN3O2. The lowest BCUT2D eigenvalue weighted by Gasteiger charge is -2.13. The molecule has 3 rings (SSSR count). The second kappa shape index (κ2) is 6.07. The molecule has 0 saturated heterocycles. The second-order valence-corrected chi connectivity index (χ2v) is 4.89. The van der Waals surface area contributed by atoms with Crippen LogP contribution < -0.4 is 14.8 Å². The highest BCUT2D eigenvalue weighted by atomic mass is 35.5. The number of halogens is 1. The van der Waals surface area contributed by atoms with Gasteiger partial charge in [-0.25, -0.2) is 4.98 Å². The van der Waals surface area contributed by atoms with Gasteiger partial charge in [0, 0.05) is 11.5 Å². The number of hydrogen-bond acceptors (Lipinski definition) is 5. The van der Waals surface area contributed by atoms with Crippen LogP contribution in [0.2, 0.25) is 5.28 Å². The minimum absolute atomic E-state index is 0.189. The zero-order valence-electron chi connectivity index (χ0n) is 12.1. The van der Waals surface area contributed by atoms with E-state index in [1.165, 1.54) is 0 Å². The fourth-order valence-electron chi connectivity index (χ4n) is 2.17. The Morgan fingerprint density at radius 1 is 1.00 bits per heavy atom. The summed E-state index contributed by atoms with van der Waals surface area (Å²) in [7, 11) is 3.21. The second-order valence-electron chi connectivity index (χ2n) is 4.55. The summed E-state index contributed by atoms with van der Waals surface area (Å²) in [5.41, 5.74) is 1.54. The van der Waals surface area contributed by atoms with E-state index in [1.54, 1.807) is 20.3 Å². The molecule has 0 atom stereocenters. The number of nitrogens with zero attached hydrogens (tertiary/aromatic N) is 2. The van der Waals surface area contributed by atoms with Crippen molar-refractivity contribution in [2.24, 2.45) is 0 Å². The molecule has 0 spiro atoms. The van der Waals surface area contributed by atoms with Crippen molar-refractivity contribution < 1.29 is 9.47 Å². The van der Waals surface area contributed by atoms with Gasteiger partial charge in [-0.05, 0) is 35.9 Å². The van der Waals surface area contributed by atoms with Crippen LogP contribution >= 0.6 is 11.6 Å². The molecule has 0 saturated carbocycles. The molecule has 1 N–H and O–H groups in total. The lowest BCUT2D eigenvalue weighted by Crippen LogP contribution is -1.99. The molecule has 3 aromatic rings. The molecule has 1 heterocycles. The van der Waals surface area contributed by atoms with Crippen molar-refractivity contribution in [3.05, 3.63) is 47.7 Å². The van der Waals surface area contributed by atoms with E-state index in [2.05, 4.69) is 15.3 Å². The molecule has 0 unspecified atom stereocenters. The highest BCUT2D eigenvalue weighted by molar-refractivity contribution is 6.28. The molecule has 1 aromatic heterocycles. The molecular weight excluding hydrogens is 302 g/mol. The number of ether oxygens (including phenoxy) is 2. The van der Waals surface area contributed by atoms with Crippen LogP contribution in [0.15, 0.2) is 42.5 Å². The summed E-state index contributed by atoms with van der Waals surface area (Å²) in [6.07, 6.45) is 0. The average Bonchev–Trinajstić information content (AvgIpc) is 2.55. The Bertz CT molecular complexity index is 824. The first-order valence-corrected chi connectivity index (χ1v) is 7.00. The van der Waals surface area contributed by atoms with Gasteiger partial charge in [0.25, 0.3) is 0 Å². The highest BCUT2D eigenvalue weighted by Gasteiger charge is 2.10. The molecule has 112 valence electrons. The van der Waals surface area contributed by atoms with E-state index in [-0.39, 0.29) is 5.28 Å². The van der Waals surface area contributed by atoms with Crippen molar-refractivity contribution in [1.82, 2.24) is 9.97 Å². The highest BCUT2D eigenvalue weighted by Crippen LogP contribution is 2.33. The van der Waals surface area contributed by atoms with E-state index in [9.17, 15) is 0 Å². The van der Waals surface area contributed by atoms with Gasteiger partial charge in [-0.2, -0.15) is 4.98 Å². The van der Waals surface area contributed by atoms with E-state index in [1.807, 2.05) is 36.4 Å². The van der Waals surface area contributed by atoms with Gasteiger partial charge in [0.1, 0.15) is 17.3 Å². The summed E-state index contributed by atoms with van der Waals surface area (Å²) < 4.78 is 10.6. The number of anilines is 2. The van der Waals surface area contributed by atoms with Crippen LogP contribution in [0.4, 0.5) is 11.5 Å². The molecule has 0 amide bonds. The van der Waals surface area contributed by atoms with Gasteiger partial charge >= 0.3 is 0 Å². The Hall–Kier alpha value is -2.53. The fraction of sp³-hybridized carbons (Fsp3) is 0.125. The van der Waals surface area contributed by atoms with E-state index >= 15 is 0 Å². The zero-order valence-corrected chi connectivity index (χ0v) is 12.9. The third kappa shape index (κ3) is 2.76. The maximum absolute atomic E-state index is 6.00. The van der Waals surface area contributed by atoms with Crippen LogP contribution in [0.3, 0.4) is 0 Å². The van der Waals surface area contributed by atoms with Crippen LogP contribution in [-0.4, -0.2) is 24.2 Å². The number of benzene rings is 2. The Labute approximate surface area is 132 Å². The Morgan fingerprint density at radius 2 is 1.82 bits per heavy atom. The molecule has 2 aromatic carbocycles. The SMILES string of the molecule is COc1ccc(Nc2nc(Cl)nc3ccccc23)c(OC)c1. The first kappa shape index (κ1) is 14.4. The van der Waals surface area contributed by atoms with Crippen LogP contribution in [0.25, 0.3) is 10.9 Å². The maximum atomic E-state index is 6.00. The number of rotatable bonds is 4. The van der Waals surface area contributed by atoms with Crippen LogP contribution in [0.5, 0.6) is 11.5 Å². The summed E-state index contributed by atoms with van der Waals surface area (Å²) in [5.74, 6) is 1.99. The predicted molar refractivity (Wildman–Crippen MR) is 87.4 cm³/mol. The predicted octanol–water partition coefficient (Wildman–Crippen LogP) is 4.04. The van der Waals surface area contributed by atoms with Crippen molar-refractivity contribution in [3.63, 3.8) is 0 Å². The number of fused-ring (bicyclic) bond motifs is 1. The largest absolute Gasteiger partial charge is 0.497 e. The van der Waals surface area contributed by atoms with E-state index < -0.39 is 0 Å². The standard InChI is InChI=1S/C16H14ClN3O2/c1-21-10-7-8-13(14(9-10)22-2)18-15-11-5-3-4-6-12(11)19-16(17)20-15/h3-9H,1-2H3,(H,18,19,20). The molecule has 5 nitrogen and oxygen atoms in total. The molecule has 0 aliphatic rings. The Balaban J connectivity index is 2.07. The molecule has 0 aliphatic heterocycles. The first-order valence-electron chi connectivity index (χ1n) is 6.62. The van der Waals surface area contributed by atoms with Crippen molar-refractivity contribution in [2.45, 2.75) is 0 Å². The topological polar surface area (TPSA) is 56.3 Å². The van der Waals surface area contributed by atoms with E-state index in [0.717, 1.165) is 16.6 Å². The van der Waals surface area contributed by atoms with Gasteiger partial charge in [-0.15, -0.1) is 0 Å². The van der Waals surface area contributed by atoms with E-state index in [0.29, 0.717) is 17.3 Å². The third-order valence-electron chi connectivity index (χ3n) is 3.24. The minimum Gasteiger partial charge on any atom is -0.497 e. The van der Waals surface area contributed by atoms with E-state index in [4.69, 9.17) is 21.1 Å². The smallest absolute Gasteiger partial charge is 0.224 e. The normalized spacial score (nSPS) is 10.5. The lowest BCUT2D eigenvalue weighted by atomic mass is 10.2. The number of methoxy groups -OCH3 is 2. The van der Waals surface area contributed by atoms with Crippen molar-refractivity contribution >= 4 is 34.0 Å². The maximum Gasteiger partial charge on any atom is 0.224 e. The van der Waals surface area contributed by atoms with Crippen molar-refractivity contribution in [2.75, 3.05) is 19.5 Å². The molecule has 0 bridgehead atoms. The first-order chi connectivity index (χ1) is 10.7. The van der Waals surface area contributed by atoms with Crippen LogP contribution in [-0.2, 0) is 0 Å². The molecule has 0 radical (unpaired) electrons. The monoisotopic (exact) mass is 315 g/mol. The summed E-state index contributed by atoms with van der Waals surface area (Å²) >= 11 is 6.00. The Morgan fingerprint density at radius 3 is 2.59 bits per heavy atom. The summed E-state index contributed by atoms with van der Waals surface area (Å²) in [5, 5.41) is 4.31. The quantitative estimate of drug-likeness (QED) is 0.736. The number of nitrogens with one attached hydrogen (secondary N) is 1. The van der Waals surface area contributed by atoms with Crippen LogP contribution in [0.1, 0.15) is 0 Å². The van der Waals surface area contributed by atoms with Crippen LogP contribution in [0, 0.1) is 0 Å². The summed E-state index contributed by atoms with van der Waals surface area (Å²) in [4.78, 5) is 8.48. The van der Waals surface area contributed by atoms with Crippen molar-refractivity contribution in [1.29, 1.82) is 0 Å². The fourth-order valence-corrected chi connectivity index (χ4v) is 2.35. The summed E-state index contributed by atoms with van der Waals surface area (Å²) in [6.45, 7) is 0. The van der Waals surface area contributed by atoms with Gasteiger partial charge in [-0.3, -0.25) is 0 Å². The molecule has 22 heavy (non-hydrogen) atoms. The number of para-hydroxylation sites is 1. The molecule has 0 aliphatic carbocycles. The minimum atomic E-state index is 0.189. The molecule has 6 heteroatoms. The van der Waals surface area contributed by atoms with Gasteiger partial charge in [0.15, 0.2) is 0 Å². The van der Waals surface area contributed by atoms with Gasteiger partial charge in [0.05, 0.1) is 25.4 Å². The Kier molecular flexibility index (Phi) is 3.98.